The summed E-state index contributed by atoms with van der Waals surface area (Å²) < 4.78 is 20.0. The molecule has 1 heterocycles. The molecule has 0 unspecified atom stereocenters. The molecule has 1 saturated carbocycles. The molecule has 2 aliphatic rings. The Labute approximate surface area is 146 Å². The maximum Gasteiger partial charge on any atom is 0.410 e. The minimum Gasteiger partial charge on any atom is -0.465 e. The molecule has 1 aromatic carbocycles. The molecule has 25 heavy (non-hydrogen) atoms. The van der Waals surface area contributed by atoms with E-state index in [-0.39, 0.29) is 28.4 Å². The van der Waals surface area contributed by atoms with Crippen LogP contribution in [0.1, 0.15) is 18.4 Å². The summed E-state index contributed by atoms with van der Waals surface area (Å²) in [5.41, 5.74) is -1.21. The summed E-state index contributed by atoms with van der Waals surface area (Å²) in [6.07, 6.45) is -0.495. The van der Waals surface area contributed by atoms with E-state index in [1.165, 1.54) is 17.8 Å². The number of nitrogens with one attached hydrogen (secondary N) is 1. The summed E-state index contributed by atoms with van der Waals surface area (Å²) in [4.78, 5) is 25.9. The van der Waals surface area contributed by atoms with Gasteiger partial charge in [0.1, 0.15) is 5.82 Å². The van der Waals surface area contributed by atoms with E-state index < -0.39 is 22.4 Å². The summed E-state index contributed by atoms with van der Waals surface area (Å²) in [6, 6.07) is 3.35. The number of non-ortho nitro benzene ring substituents is 1. The average molecular weight is 369 g/mol. The fourth-order valence-electron chi connectivity index (χ4n) is 3.53. The Balaban J connectivity index is 2.14. The quantitative estimate of drug-likeness (QED) is 0.625. The topological polar surface area (TPSA) is 114 Å². The Morgan fingerprint density at radius 1 is 1.60 bits per heavy atom. The number of aliphatic imine (C=N–C) groups is 1. The highest BCUT2D eigenvalue weighted by molar-refractivity contribution is 8.13. The van der Waals surface area contributed by atoms with E-state index >= 15 is 0 Å². The van der Waals surface area contributed by atoms with Crippen molar-refractivity contribution in [1.82, 2.24) is 5.32 Å². The van der Waals surface area contributed by atoms with Crippen molar-refractivity contribution >= 4 is 28.7 Å². The van der Waals surface area contributed by atoms with E-state index in [1.54, 1.807) is 7.11 Å². The highest BCUT2D eigenvalue weighted by atomic mass is 32.2. The van der Waals surface area contributed by atoms with Gasteiger partial charge in [-0.15, -0.1) is 0 Å². The molecule has 0 saturated heterocycles. The number of nitro benzene ring substituents is 1. The summed E-state index contributed by atoms with van der Waals surface area (Å²) in [7, 11) is 1.55. The number of hydrogen-bond acceptors (Lipinski definition) is 6. The monoisotopic (exact) mass is 369 g/mol. The first kappa shape index (κ1) is 17.6. The van der Waals surface area contributed by atoms with E-state index in [4.69, 9.17) is 9.84 Å². The maximum absolute atomic E-state index is 14.6. The van der Waals surface area contributed by atoms with E-state index in [0.29, 0.717) is 18.6 Å². The number of nitro groups is 1. The van der Waals surface area contributed by atoms with E-state index in [0.717, 1.165) is 12.1 Å². The summed E-state index contributed by atoms with van der Waals surface area (Å²) in [5, 5.41) is 22.4. The van der Waals surface area contributed by atoms with Crippen LogP contribution < -0.4 is 5.32 Å². The third-order valence-corrected chi connectivity index (χ3v) is 5.69. The van der Waals surface area contributed by atoms with Crippen molar-refractivity contribution in [2.24, 2.45) is 10.9 Å². The third-order valence-electron chi connectivity index (χ3n) is 4.66. The highest BCUT2D eigenvalue weighted by Gasteiger charge is 2.52. The minimum atomic E-state index is -1.26. The van der Waals surface area contributed by atoms with Crippen molar-refractivity contribution in [3.8, 4) is 0 Å². The first-order chi connectivity index (χ1) is 11.9. The molecular formula is C15H16FN3O5S. The van der Waals surface area contributed by atoms with Gasteiger partial charge in [-0.25, -0.2) is 9.18 Å². The lowest BCUT2D eigenvalue weighted by molar-refractivity contribution is -0.385. The van der Waals surface area contributed by atoms with Crippen LogP contribution in [-0.2, 0) is 10.3 Å². The van der Waals surface area contributed by atoms with Crippen LogP contribution in [0.15, 0.2) is 23.2 Å². The van der Waals surface area contributed by atoms with Gasteiger partial charge in [0.15, 0.2) is 5.17 Å². The number of halogens is 1. The second-order valence-electron chi connectivity index (χ2n) is 6.00. The van der Waals surface area contributed by atoms with E-state index in [9.17, 15) is 19.3 Å². The SMILES string of the molecule is CO[C@@H]1C[C@H]2CSC(NC(=O)O)=N[C@@]2(c2cc([N+](=O)[O-])ccc2F)C1. The molecule has 1 amide bonds. The van der Waals surface area contributed by atoms with Crippen LogP contribution in [-0.4, -0.2) is 40.3 Å². The molecule has 0 aromatic heterocycles. The van der Waals surface area contributed by atoms with Crippen molar-refractivity contribution in [2.75, 3.05) is 12.9 Å². The summed E-state index contributed by atoms with van der Waals surface area (Å²) >= 11 is 1.24. The Kier molecular flexibility index (Phi) is 4.65. The maximum atomic E-state index is 14.6. The van der Waals surface area contributed by atoms with Gasteiger partial charge in [-0.2, -0.15) is 0 Å². The zero-order valence-electron chi connectivity index (χ0n) is 13.3. The van der Waals surface area contributed by atoms with E-state index in [1.807, 2.05) is 0 Å². The first-order valence-electron chi connectivity index (χ1n) is 7.55. The minimum absolute atomic E-state index is 0.108. The smallest absolute Gasteiger partial charge is 0.410 e. The largest absolute Gasteiger partial charge is 0.465 e. The van der Waals surface area contributed by atoms with E-state index in [2.05, 4.69) is 10.3 Å². The normalized spacial score (nSPS) is 28.2. The zero-order valence-corrected chi connectivity index (χ0v) is 14.1. The number of amides is 1. The Bertz CT molecular complexity index is 759. The molecule has 0 spiro atoms. The number of hydrogen-bond donors (Lipinski definition) is 2. The number of carboxylic acid groups (broad SMARTS) is 1. The Morgan fingerprint density at radius 2 is 2.36 bits per heavy atom. The molecule has 3 rings (SSSR count). The molecule has 0 radical (unpaired) electrons. The van der Waals surface area contributed by atoms with Crippen LogP contribution in [0, 0.1) is 21.8 Å². The lowest BCUT2D eigenvalue weighted by Gasteiger charge is -2.36. The van der Waals surface area contributed by atoms with Gasteiger partial charge in [-0.3, -0.25) is 20.4 Å². The van der Waals surface area contributed by atoms with Gasteiger partial charge in [0, 0.05) is 42.9 Å². The molecule has 1 fully saturated rings. The van der Waals surface area contributed by atoms with Crippen LogP contribution in [0.4, 0.5) is 14.9 Å². The molecular weight excluding hydrogens is 353 g/mol. The second kappa shape index (κ2) is 6.60. The van der Waals surface area contributed by atoms with Gasteiger partial charge in [-0.05, 0) is 12.5 Å². The van der Waals surface area contributed by atoms with Crippen molar-refractivity contribution in [3.05, 3.63) is 39.7 Å². The standard InChI is InChI=1S/C15H16FN3O5S/c1-24-10-4-8-7-25-13(17-14(20)21)18-15(8,6-10)11-5-9(19(22)23)2-3-12(11)16/h2-3,5,8,10H,4,6-7H2,1H3,(H,17,18)(H,20,21)/t8-,10+,15-/m0/s1. The number of carbonyl (C=O) groups is 1. The zero-order chi connectivity index (χ0) is 18.2. The predicted molar refractivity (Wildman–Crippen MR) is 89.3 cm³/mol. The molecule has 2 N–H and O–H groups in total. The van der Waals surface area contributed by atoms with Gasteiger partial charge in [0.25, 0.3) is 5.69 Å². The predicted octanol–water partition coefficient (Wildman–Crippen LogP) is 2.72. The number of thioether (sulfide) groups is 1. The number of nitrogens with zero attached hydrogens (tertiary/aromatic N) is 2. The first-order valence-corrected chi connectivity index (χ1v) is 8.54. The number of benzene rings is 1. The fraction of sp³-hybridized carbons (Fsp3) is 0.467. The highest BCUT2D eigenvalue weighted by Crippen LogP contribution is 2.52. The molecule has 1 aliphatic carbocycles. The molecule has 10 heteroatoms. The van der Waals surface area contributed by atoms with Crippen LogP contribution >= 0.6 is 11.8 Å². The van der Waals surface area contributed by atoms with Gasteiger partial charge in [-0.1, -0.05) is 11.8 Å². The lowest BCUT2D eigenvalue weighted by Crippen LogP contribution is -2.40. The lowest BCUT2D eigenvalue weighted by atomic mass is 9.81. The van der Waals surface area contributed by atoms with Gasteiger partial charge >= 0.3 is 6.09 Å². The molecule has 1 aromatic rings. The number of fused-ring (bicyclic) bond motifs is 1. The summed E-state index contributed by atoms with van der Waals surface area (Å²) in [5.74, 6) is -0.197. The van der Waals surface area contributed by atoms with Crippen molar-refractivity contribution in [2.45, 2.75) is 24.5 Å². The van der Waals surface area contributed by atoms with Crippen molar-refractivity contribution in [1.29, 1.82) is 0 Å². The number of ether oxygens (including phenoxy) is 1. The van der Waals surface area contributed by atoms with Gasteiger partial charge in [0.05, 0.1) is 16.6 Å². The van der Waals surface area contributed by atoms with Crippen LogP contribution in [0.25, 0.3) is 0 Å². The average Bonchev–Trinajstić information content (AvgIpc) is 2.93. The molecule has 8 nitrogen and oxygen atoms in total. The molecule has 1 aliphatic heterocycles. The van der Waals surface area contributed by atoms with Crippen LogP contribution in [0.2, 0.25) is 0 Å². The fourth-order valence-corrected chi connectivity index (χ4v) is 4.69. The van der Waals surface area contributed by atoms with Crippen molar-refractivity contribution < 1.29 is 24.0 Å². The van der Waals surface area contributed by atoms with Crippen LogP contribution in [0.3, 0.4) is 0 Å². The second-order valence-corrected chi connectivity index (χ2v) is 7.01. The Morgan fingerprint density at radius 3 is 3.00 bits per heavy atom. The van der Waals surface area contributed by atoms with Crippen molar-refractivity contribution in [3.63, 3.8) is 0 Å². The summed E-state index contributed by atoms with van der Waals surface area (Å²) in [6.45, 7) is 0. The Hall–Kier alpha value is -2.20. The third kappa shape index (κ3) is 3.19. The van der Waals surface area contributed by atoms with Crippen LogP contribution in [0.5, 0.6) is 0 Å². The van der Waals surface area contributed by atoms with Gasteiger partial charge in [0.2, 0.25) is 0 Å². The molecule has 0 bridgehead atoms. The number of rotatable bonds is 3. The molecule has 3 atom stereocenters. The number of methoxy groups -OCH3 is 1. The number of amidine groups is 1. The molecule has 134 valence electrons. The van der Waals surface area contributed by atoms with Gasteiger partial charge < -0.3 is 9.84 Å².